The molecule has 2 rings (SSSR count). The summed E-state index contributed by atoms with van der Waals surface area (Å²) in [5, 5.41) is 12.1. The molecule has 0 aliphatic heterocycles. The normalized spacial score (nSPS) is 16.3. The number of aromatic carboxylic acids is 1. The summed E-state index contributed by atoms with van der Waals surface area (Å²) >= 11 is 5.84. The summed E-state index contributed by atoms with van der Waals surface area (Å²) in [6.45, 7) is 0.474. The number of nitrogens with two attached hydrogens (primary N) is 1. The van der Waals surface area contributed by atoms with Crippen molar-refractivity contribution in [2.75, 3.05) is 11.9 Å². The van der Waals surface area contributed by atoms with E-state index in [1.54, 1.807) is 0 Å². The van der Waals surface area contributed by atoms with E-state index in [9.17, 15) is 9.59 Å². The van der Waals surface area contributed by atoms with Crippen LogP contribution in [0, 0.1) is 5.41 Å². The van der Waals surface area contributed by atoms with E-state index in [4.69, 9.17) is 22.4 Å². The van der Waals surface area contributed by atoms with E-state index in [-0.39, 0.29) is 22.6 Å². The zero-order valence-electron chi connectivity index (χ0n) is 11.0. The second kappa shape index (κ2) is 5.81. The number of amides is 1. The molecule has 6 heteroatoms. The molecule has 0 radical (unpaired) electrons. The van der Waals surface area contributed by atoms with Gasteiger partial charge in [-0.2, -0.15) is 0 Å². The largest absolute Gasteiger partial charge is 0.478 e. The average molecular weight is 297 g/mol. The van der Waals surface area contributed by atoms with E-state index in [1.165, 1.54) is 18.2 Å². The van der Waals surface area contributed by atoms with Crippen molar-refractivity contribution in [2.45, 2.75) is 25.7 Å². The number of hydrogen-bond acceptors (Lipinski definition) is 3. The van der Waals surface area contributed by atoms with Crippen LogP contribution in [-0.4, -0.2) is 23.5 Å². The third-order valence-electron chi connectivity index (χ3n) is 3.87. The van der Waals surface area contributed by atoms with Crippen LogP contribution in [0.15, 0.2) is 18.2 Å². The summed E-state index contributed by atoms with van der Waals surface area (Å²) < 4.78 is 0. The Labute approximate surface area is 122 Å². The number of carboxylic acids is 1. The van der Waals surface area contributed by atoms with E-state index in [0.29, 0.717) is 18.0 Å². The highest BCUT2D eigenvalue weighted by Crippen LogP contribution is 2.43. The van der Waals surface area contributed by atoms with E-state index in [1.807, 2.05) is 0 Å². The number of halogens is 1. The average Bonchev–Trinajstić information content (AvgIpc) is 2.33. The van der Waals surface area contributed by atoms with Crippen LogP contribution in [0.4, 0.5) is 5.69 Å². The zero-order valence-corrected chi connectivity index (χ0v) is 11.7. The Bertz CT molecular complexity index is 536. The van der Waals surface area contributed by atoms with Gasteiger partial charge in [0.05, 0.1) is 11.3 Å². The highest BCUT2D eigenvalue weighted by molar-refractivity contribution is 6.31. The molecule has 1 fully saturated rings. The maximum absolute atomic E-state index is 12.1. The number of nitrogens with one attached hydrogen (secondary N) is 1. The minimum atomic E-state index is -1.10. The summed E-state index contributed by atoms with van der Waals surface area (Å²) in [4.78, 5) is 23.2. The predicted molar refractivity (Wildman–Crippen MR) is 77.0 cm³/mol. The Kier molecular flexibility index (Phi) is 4.30. The van der Waals surface area contributed by atoms with Crippen LogP contribution >= 0.6 is 11.6 Å². The molecule has 0 atom stereocenters. The van der Waals surface area contributed by atoms with E-state index >= 15 is 0 Å². The molecule has 0 spiro atoms. The second-order valence-corrected chi connectivity index (χ2v) is 5.71. The topological polar surface area (TPSA) is 92.4 Å². The van der Waals surface area contributed by atoms with Crippen molar-refractivity contribution in [2.24, 2.45) is 11.1 Å². The standard InChI is InChI=1S/C14H17ClN2O3/c15-9-2-3-10(13(19)20)11(6-9)17-12(18)7-14(8-16)4-1-5-14/h2-3,6H,1,4-5,7-8,16H2,(H,17,18)(H,19,20). The molecule has 0 bridgehead atoms. The molecule has 1 aliphatic rings. The minimum Gasteiger partial charge on any atom is -0.478 e. The van der Waals surface area contributed by atoms with E-state index in [0.717, 1.165) is 19.3 Å². The molecular weight excluding hydrogens is 280 g/mol. The van der Waals surface area contributed by atoms with Gasteiger partial charge in [-0.15, -0.1) is 0 Å². The summed E-state index contributed by atoms with van der Waals surface area (Å²) in [7, 11) is 0. The molecule has 5 nitrogen and oxygen atoms in total. The summed E-state index contributed by atoms with van der Waals surface area (Å²) in [5.41, 5.74) is 5.85. The lowest BCUT2D eigenvalue weighted by atomic mass is 9.66. The lowest BCUT2D eigenvalue weighted by Crippen LogP contribution is -2.40. The second-order valence-electron chi connectivity index (χ2n) is 5.28. The van der Waals surface area contributed by atoms with Crippen LogP contribution in [0.1, 0.15) is 36.0 Å². The minimum absolute atomic E-state index is 0.0261. The maximum atomic E-state index is 12.1. The summed E-state index contributed by atoms with van der Waals surface area (Å²) in [6.07, 6.45) is 3.29. The van der Waals surface area contributed by atoms with Crippen molar-refractivity contribution < 1.29 is 14.7 Å². The van der Waals surface area contributed by atoms with Gasteiger partial charge in [0, 0.05) is 11.4 Å². The lowest BCUT2D eigenvalue weighted by Gasteiger charge is -2.40. The third-order valence-corrected chi connectivity index (χ3v) is 4.10. The Balaban J connectivity index is 2.11. The van der Waals surface area contributed by atoms with E-state index < -0.39 is 5.97 Å². The van der Waals surface area contributed by atoms with Crippen molar-refractivity contribution in [3.05, 3.63) is 28.8 Å². The van der Waals surface area contributed by atoms with Crippen LogP contribution < -0.4 is 11.1 Å². The number of rotatable bonds is 5. The first-order valence-electron chi connectivity index (χ1n) is 6.48. The molecule has 20 heavy (non-hydrogen) atoms. The molecule has 1 aromatic rings. The molecule has 1 aliphatic carbocycles. The molecule has 1 aromatic carbocycles. The number of benzene rings is 1. The number of carbonyl (C=O) groups excluding carboxylic acids is 1. The number of hydrogen-bond donors (Lipinski definition) is 3. The van der Waals surface area contributed by atoms with Crippen LogP contribution in [0.25, 0.3) is 0 Å². The quantitative estimate of drug-likeness (QED) is 0.778. The predicted octanol–water partition coefficient (Wildman–Crippen LogP) is 2.50. The number of carbonyl (C=O) groups is 2. The highest BCUT2D eigenvalue weighted by Gasteiger charge is 2.37. The van der Waals surface area contributed by atoms with E-state index in [2.05, 4.69) is 5.32 Å². The van der Waals surface area contributed by atoms with Crippen LogP contribution in [-0.2, 0) is 4.79 Å². The maximum Gasteiger partial charge on any atom is 0.337 e. The van der Waals surface area contributed by atoms with Gasteiger partial charge in [-0.25, -0.2) is 4.79 Å². The van der Waals surface area contributed by atoms with Gasteiger partial charge in [-0.3, -0.25) is 4.79 Å². The summed E-state index contributed by atoms with van der Waals surface area (Å²) in [6, 6.07) is 4.30. The van der Waals surface area contributed by atoms with Crippen molar-refractivity contribution >= 4 is 29.2 Å². The molecule has 1 amide bonds. The lowest BCUT2D eigenvalue weighted by molar-refractivity contribution is -0.119. The smallest absolute Gasteiger partial charge is 0.337 e. The van der Waals surface area contributed by atoms with Crippen LogP contribution in [0.3, 0.4) is 0 Å². The first-order valence-corrected chi connectivity index (χ1v) is 6.86. The van der Waals surface area contributed by atoms with Crippen LogP contribution in [0.5, 0.6) is 0 Å². The third kappa shape index (κ3) is 3.11. The summed E-state index contributed by atoms with van der Waals surface area (Å²) in [5.74, 6) is -1.32. The Morgan fingerprint density at radius 1 is 1.40 bits per heavy atom. The Morgan fingerprint density at radius 2 is 2.10 bits per heavy atom. The van der Waals surface area contributed by atoms with Gasteiger partial charge in [0.2, 0.25) is 5.91 Å². The zero-order chi connectivity index (χ0) is 14.8. The first kappa shape index (κ1) is 14.8. The van der Waals surface area contributed by atoms with Gasteiger partial charge in [0.1, 0.15) is 0 Å². The van der Waals surface area contributed by atoms with Crippen LogP contribution in [0.2, 0.25) is 5.02 Å². The SMILES string of the molecule is NCC1(CC(=O)Nc2cc(Cl)ccc2C(=O)O)CCC1. The molecule has 1 saturated carbocycles. The van der Waals surface area contributed by atoms with Gasteiger partial charge >= 0.3 is 5.97 Å². The fourth-order valence-corrected chi connectivity index (χ4v) is 2.64. The molecule has 0 aromatic heterocycles. The van der Waals surface area contributed by atoms with Crippen molar-refractivity contribution in [3.63, 3.8) is 0 Å². The molecule has 108 valence electrons. The monoisotopic (exact) mass is 296 g/mol. The fraction of sp³-hybridized carbons (Fsp3) is 0.429. The highest BCUT2D eigenvalue weighted by atomic mass is 35.5. The van der Waals surface area contributed by atoms with Gasteiger partial charge in [0.15, 0.2) is 0 Å². The number of carboxylic acid groups (broad SMARTS) is 1. The number of anilines is 1. The van der Waals surface area contributed by atoms with Crippen molar-refractivity contribution in [3.8, 4) is 0 Å². The van der Waals surface area contributed by atoms with Gasteiger partial charge in [-0.05, 0) is 43.0 Å². The van der Waals surface area contributed by atoms with Crippen molar-refractivity contribution in [1.82, 2.24) is 0 Å². The molecule has 0 saturated heterocycles. The Hall–Kier alpha value is -1.59. The van der Waals surface area contributed by atoms with Gasteiger partial charge in [-0.1, -0.05) is 18.0 Å². The molecule has 4 N–H and O–H groups in total. The molecular formula is C14H17ClN2O3. The van der Waals surface area contributed by atoms with Gasteiger partial charge in [0.25, 0.3) is 0 Å². The molecule has 0 heterocycles. The van der Waals surface area contributed by atoms with Crippen molar-refractivity contribution in [1.29, 1.82) is 0 Å². The first-order chi connectivity index (χ1) is 9.46. The fourth-order valence-electron chi connectivity index (χ4n) is 2.47. The Morgan fingerprint density at radius 3 is 2.60 bits per heavy atom. The molecule has 0 unspecified atom stereocenters. The van der Waals surface area contributed by atoms with Gasteiger partial charge < -0.3 is 16.2 Å².